The maximum Gasteiger partial charge on any atom is 0.126 e. The predicted octanol–water partition coefficient (Wildman–Crippen LogP) is 2.18. The summed E-state index contributed by atoms with van der Waals surface area (Å²) in [5.74, 6) is 1.59. The molecule has 3 N–H and O–H groups in total. The van der Waals surface area contributed by atoms with E-state index in [2.05, 4.69) is 17.2 Å². The van der Waals surface area contributed by atoms with Crippen molar-refractivity contribution < 1.29 is 0 Å². The third kappa shape index (κ3) is 4.79. The molecule has 0 fully saturated rings. The number of hydrogen-bond acceptors (Lipinski definition) is 3. The van der Waals surface area contributed by atoms with E-state index in [-0.39, 0.29) is 0 Å². The van der Waals surface area contributed by atoms with Crippen LogP contribution in [0.25, 0.3) is 0 Å². The second-order valence-electron chi connectivity index (χ2n) is 4.07. The Hall–Kier alpha value is -1.09. The van der Waals surface area contributed by atoms with E-state index >= 15 is 0 Å². The van der Waals surface area contributed by atoms with E-state index in [0.717, 1.165) is 31.0 Å². The summed E-state index contributed by atoms with van der Waals surface area (Å²) in [6.07, 6.45) is 2.32. The number of aryl methyl sites for hydroxylation is 1. The molecule has 0 spiro atoms. The summed E-state index contributed by atoms with van der Waals surface area (Å²) in [6.45, 7) is 5.94. The van der Waals surface area contributed by atoms with Gasteiger partial charge in [0.15, 0.2) is 0 Å². The molecule has 84 valence electrons. The standard InChI is InChI=1S/C12H21N3/c1-10(9-13)5-4-8-14-12-7-3-6-11(2)15-12/h3,6-7,10H,4-5,8-9,13H2,1-2H3,(H,14,15). The average molecular weight is 207 g/mol. The largest absolute Gasteiger partial charge is 0.370 e. The van der Waals surface area contributed by atoms with Gasteiger partial charge in [-0.25, -0.2) is 4.98 Å². The lowest BCUT2D eigenvalue weighted by Gasteiger charge is -2.09. The molecule has 3 heteroatoms. The van der Waals surface area contributed by atoms with Gasteiger partial charge in [0.25, 0.3) is 0 Å². The topological polar surface area (TPSA) is 50.9 Å². The first-order chi connectivity index (χ1) is 7.22. The average Bonchev–Trinajstić information content (AvgIpc) is 2.24. The molecule has 0 saturated heterocycles. The molecule has 0 aliphatic heterocycles. The molecular weight excluding hydrogens is 186 g/mol. The third-order valence-electron chi connectivity index (χ3n) is 2.47. The smallest absolute Gasteiger partial charge is 0.126 e. The fourth-order valence-electron chi connectivity index (χ4n) is 1.43. The molecule has 0 bridgehead atoms. The second kappa shape index (κ2) is 6.40. The van der Waals surface area contributed by atoms with Crippen LogP contribution in [0.3, 0.4) is 0 Å². The van der Waals surface area contributed by atoms with Crippen molar-refractivity contribution in [3.8, 4) is 0 Å². The van der Waals surface area contributed by atoms with E-state index in [1.807, 2.05) is 25.1 Å². The van der Waals surface area contributed by atoms with Crippen molar-refractivity contribution in [1.29, 1.82) is 0 Å². The summed E-state index contributed by atoms with van der Waals surface area (Å²) in [5.41, 5.74) is 6.60. The van der Waals surface area contributed by atoms with Crippen LogP contribution in [0.1, 0.15) is 25.5 Å². The molecule has 1 aromatic rings. The number of rotatable bonds is 6. The Balaban J connectivity index is 2.20. The van der Waals surface area contributed by atoms with Gasteiger partial charge in [-0.1, -0.05) is 13.0 Å². The number of hydrogen-bond donors (Lipinski definition) is 2. The van der Waals surface area contributed by atoms with Crippen LogP contribution in [0.2, 0.25) is 0 Å². The summed E-state index contributed by atoms with van der Waals surface area (Å²) in [7, 11) is 0. The van der Waals surface area contributed by atoms with E-state index in [0.29, 0.717) is 5.92 Å². The van der Waals surface area contributed by atoms with Crippen LogP contribution in [-0.4, -0.2) is 18.1 Å². The molecule has 1 atom stereocenters. The van der Waals surface area contributed by atoms with Gasteiger partial charge >= 0.3 is 0 Å². The van der Waals surface area contributed by atoms with E-state index in [1.54, 1.807) is 0 Å². The Morgan fingerprint density at radius 2 is 2.27 bits per heavy atom. The molecule has 0 saturated carbocycles. The SMILES string of the molecule is Cc1cccc(NCCCC(C)CN)n1. The van der Waals surface area contributed by atoms with Crippen LogP contribution in [0, 0.1) is 12.8 Å². The molecule has 1 unspecified atom stereocenters. The van der Waals surface area contributed by atoms with Crippen molar-refractivity contribution in [2.24, 2.45) is 11.7 Å². The number of aromatic nitrogens is 1. The highest BCUT2D eigenvalue weighted by Crippen LogP contribution is 2.06. The Morgan fingerprint density at radius 1 is 1.47 bits per heavy atom. The minimum atomic E-state index is 0.622. The summed E-state index contributed by atoms with van der Waals surface area (Å²) in [6, 6.07) is 6.02. The monoisotopic (exact) mass is 207 g/mol. The maximum atomic E-state index is 5.55. The van der Waals surface area contributed by atoms with Crippen molar-refractivity contribution in [2.75, 3.05) is 18.4 Å². The molecule has 0 aliphatic carbocycles. The van der Waals surface area contributed by atoms with E-state index in [1.165, 1.54) is 6.42 Å². The Kier molecular flexibility index (Phi) is 5.12. The lowest BCUT2D eigenvalue weighted by molar-refractivity contribution is 0.529. The van der Waals surface area contributed by atoms with Gasteiger partial charge in [0, 0.05) is 12.2 Å². The van der Waals surface area contributed by atoms with Gasteiger partial charge < -0.3 is 11.1 Å². The quantitative estimate of drug-likeness (QED) is 0.703. The van der Waals surface area contributed by atoms with Gasteiger partial charge in [0.05, 0.1) is 0 Å². The fraction of sp³-hybridized carbons (Fsp3) is 0.583. The van der Waals surface area contributed by atoms with Gasteiger partial charge in [0.2, 0.25) is 0 Å². The third-order valence-corrected chi connectivity index (χ3v) is 2.47. The van der Waals surface area contributed by atoms with Gasteiger partial charge in [-0.15, -0.1) is 0 Å². The van der Waals surface area contributed by atoms with Crippen LogP contribution < -0.4 is 11.1 Å². The van der Waals surface area contributed by atoms with Crippen LogP contribution >= 0.6 is 0 Å². The summed E-state index contributed by atoms with van der Waals surface area (Å²) < 4.78 is 0. The normalized spacial score (nSPS) is 12.5. The fourth-order valence-corrected chi connectivity index (χ4v) is 1.43. The van der Waals surface area contributed by atoms with Crippen LogP contribution in [0.4, 0.5) is 5.82 Å². The molecule has 15 heavy (non-hydrogen) atoms. The molecule has 0 aromatic carbocycles. The van der Waals surface area contributed by atoms with E-state index < -0.39 is 0 Å². The Labute approximate surface area is 92.1 Å². The number of pyridine rings is 1. The van der Waals surface area contributed by atoms with Crippen molar-refractivity contribution in [1.82, 2.24) is 4.98 Å². The van der Waals surface area contributed by atoms with Crippen molar-refractivity contribution in [3.63, 3.8) is 0 Å². The number of anilines is 1. The molecule has 0 aliphatic rings. The predicted molar refractivity (Wildman–Crippen MR) is 64.9 cm³/mol. The maximum absolute atomic E-state index is 5.55. The molecule has 3 nitrogen and oxygen atoms in total. The Morgan fingerprint density at radius 3 is 2.93 bits per heavy atom. The molecule has 1 heterocycles. The number of nitrogens with zero attached hydrogens (tertiary/aromatic N) is 1. The molecule has 0 radical (unpaired) electrons. The lowest BCUT2D eigenvalue weighted by Crippen LogP contribution is -2.12. The summed E-state index contributed by atoms with van der Waals surface area (Å²) >= 11 is 0. The minimum absolute atomic E-state index is 0.622. The minimum Gasteiger partial charge on any atom is -0.370 e. The zero-order valence-electron chi connectivity index (χ0n) is 9.66. The van der Waals surface area contributed by atoms with Gasteiger partial charge in [-0.05, 0) is 44.4 Å². The molecule has 1 aromatic heterocycles. The first-order valence-electron chi connectivity index (χ1n) is 5.60. The highest BCUT2D eigenvalue weighted by molar-refractivity contribution is 5.34. The zero-order valence-corrected chi connectivity index (χ0v) is 9.66. The van der Waals surface area contributed by atoms with E-state index in [9.17, 15) is 0 Å². The highest BCUT2D eigenvalue weighted by Gasteiger charge is 1.98. The van der Waals surface area contributed by atoms with Gasteiger partial charge in [0.1, 0.15) is 5.82 Å². The molecular formula is C12H21N3. The number of nitrogens with two attached hydrogens (primary N) is 1. The van der Waals surface area contributed by atoms with Crippen LogP contribution in [0.15, 0.2) is 18.2 Å². The number of nitrogens with one attached hydrogen (secondary N) is 1. The first-order valence-corrected chi connectivity index (χ1v) is 5.60. The molecule has 0 amide bonds. The van der Waals surface area contributed by atoms with Gasteiger partial charge in [-0.2, -0.15) is 0 Å². The first kappa shape index (κ1) is 12.0. The second-order valence-corrected chi connectivity index (χ2v) is 4.07. The lowest BCUT2D eigenvalue weighted by atomic mass is 10.1. The summed E-state index contributed by atoms with van der Waals surface area (Å²) in [4.78, 5) is 4.37. The highest BCUT2D eigenvalue weighted by atomic mass is 15.0. The zero-order chi connectivity index (χ0) is 11.1. The Bertz CT molecular complexity index is 286. The van der Waals surface area contributed by atoms with Crippen molar-refractivity contribution in [2.45, 2.75) is 26.7 Å². The van der Waals surface area contributed by atoms with E-state index in [4.69, 9.17) is 5.73 Å². The van der Waals surface area contributed by atoms with Gasteiger partial charge in [-0.3, -0.25) is 0 Å². The van der Waals surface area contributed by atoms with Crippen molar-refractivity contribution in [3.05, 3.63) is 23.9 Å². The van der Waals surface area contributed by atoms with Crippen LogP contribution in [0.5, 0.6) is 0 Å². The summed E-state index contributed by atoms with van der Waals surface area (Å²) in [5, 5.41) is 3.31. The van der Waals surface area contributed by atoms with Crippen LogP contribution in [-0.2, 0) is 0 Å². The molecule has 1 rings (SSSR count). The van der Waals surface area contributed by atoms with Crippen molar-refractivity contribution >= 4 is 5.82 Å².